The molecule has 0 N–H and O–H groups in total. The van der Waals surface area contributed by atoms with Gasteiger partial charge in [0.05, 0.1) is 26.9 Å². The van der Waals surface area contributed by atoms with E-state index in [1.807, 2.05) is 72.8 Å². The van der Waals surface area contributed by atoms with Crippen molar-refractivity contribution in [3.05, 3.63) is 120 Å². The van der Waals surface area contributed by atoms with Gasteiger partial charge in [-0.05, 0) is 60.2 Å². The fraction of sp³-hybridized carbons (Fsp3) is 0.182. The standard InChI is InChI=1S/C33H30O8/c1-5-26(23-13-16-27(28(17-23)36-3)38-20-21-9-7-6-8-10-21)39-29-18-24(32(34)37-4)19-30-31(29)41-33(40-30)22-11-14-25(35-2)15-12-22/h5-19,26,33H,1,20H2,2-4H3. The Morgan fingerprint density at radius 1 is 0.878 bits per heavy atom. The van der Waals surface area contributed by atoms with Crippen LogP contribution in [0.5, 0.6) is 34.5 Å². The lowest BCUT2D eigenvalue weighted by Gasteiger charge is -2.19. The minimum atomic E-state index is -0.741. The van der Waals surface area contributed by atoms with Crippen LogP contribution in [0.4, 0.5) is 0 Å². The molecular formula is C33H30O8. The van der Waals surface area contributed by atoms with E-state index in [0.29, 0.717) is 41.1 Å². The predicted octanol–water partition coefficient (Wildman–Crippen LogP) is 6.85. The van der Waals surface area contributed by atoms with Crippen molar-refractivity contribution in [2.75, 3.05) is 21.3 Å². The van der Waals surface area contributed by atoms with E-state index in [-0.39, 0.29) is 5.56 Å². The minimum absolute atomic E-state index is 0.255. The molecule has 210 valence electrons. The van der Waals surface area contributed by atoms with Crippen molar-refractivity contribution in [3.63, 3.8) is 0 Å². The third-order valence-corrected chi connectivity index (χ3v) is 6.51. The van der Waals surface area contributed by atoms with Gasteiger partial charge in [0.15, 0.2) is 23.0 Å². The summed E-state index contributed by atoms with van der Waals surface area (Å²) in [6.45, 7) is 4.36. The molecule has 41 heavy (non-hydrogen) atoms. The van der Waals surface area contributed by atoms with Crippen LogP contribution < -0.4 is 28.4 Å². The van der Waals surface area contributed by atoms with Gasteiger partial charge in [-0.1, -0.05) is 43.0 Å². The van der Waals surface area contributed by atoms with Gasteiger partial charge in [-0.25, -0.2) is 4.79 Å². The first kappa shape index (κ1) is 27.5. The van der Waals surface area contributed by atoms with Crippen LogP contribution in [-0.4, -0.2) is 27.3 Å². The molecule has 0 bridgehead atoms. The molecule has 0 aliphatic carbocycles. The lowest BCUT2D eigenvalue weighted by molar-refractivity contribution is 0.0463. The smallest absolute Gasteiger partial charge is 0.338 e. The first-order valence-corrected chi connectivity index (χ1v) is 12.9. The number of methoxy groups -OCH3 is 3. The van der Waals surface area contributed by atoms with Crippen molar-refractivity contribution in [1.82, 2.24) is 0 Å². The molecule has 2 atom stereocenters. The van der Waals surface area contributed by atoms with Gasteiger partial charge >= 0.3 is 5.97 Å². The number of carbonyl (C=O) groups is 1. The van der Waals surface area contributed by atoms with Crippen LogP contribution in [0.2, 0.25) is 0 Å². The lowest BCUT2D eigenvalue weighted by atomic mass is 10.1. The second-order valence-corrected chi connectivity index (χ2v) is 9.09. The quantitative estimate of drug-likeness (QED) is 0.147. The molecule has 2 unspecified atom stereocenters. The summed E-state index contributed by atoms with van der Waals surface area (Å²) in [7, 11) is 4.49. The van der Waals surface area contributed by atoms with Gasteiger partial charge < -0.3 is 33.2 Å². The Bertz CT molecular complexity index is 1510. The Balaban J connectivity index is 1.41. The van der Waals surface area contributed by atoms with E-state index < -0.39 is 18.4 Å². The van der Waals surface area contributed by atoms with Crippen LogP contribution in [0.25, 0.3) is 0 Å². The van der Waals surface area contributed by atoms with Gasteiger partial charge in [0.1, 0.15) is 18.5 Å². The van der Waals surface area contributed by atoms with E-state index in [2.05, 4.69) is 6.58 Å². The van der Waals surface area contributed by atoms with E-state index >= 15 is 0 Å². The van der Waals surface area contributed by atoms with Gasteiger partial charge in [0, 0.05) is 11.1 Å². The Kier molecular flexibility index (Phi) is 8.29. The van der Waals surface area contributed by atoms with E-state index in [9.17, 15) is 4.79 Å². The highest BCUT2D eigenvalue weighted by atomic mass is 16.7. The number of benzene rings is 4. The second kappa shape index (κ2) is 12.4. The highest BCUT2D eigenvalue weighted by molar-refractivity contribution is 5.91. The molecule has 0 saturated carbocycles. The highest BCUT2D eigenvalue weighted by Gasteiger charge is 2.32. The third kappa shape index (κ3) is 6.06. The number of hydrogen-bond donors (Lipinski definition) is 0. The van der Waals surface area contributed by atoms with Gasteiger partial charge in [-0.3, -0.25) is 0 Å². The number of ether oxygens (including phenoxy) is 7. The summed E-state index contributed by atoms with van der Waals surface area (Å²) in [6.07, 6.45) is 0.287. The summed E-state index contributed by atoms with van der Waals surface area (Å²) in [5.74, 6) is 2.33. The Hall–Kier alpha value is -5.11. The molecule has 0 spiro atoms. The van der Waals surface area contributed by atoms with Crippen molar-refractivity contribution in [2.45, 2.75) is 19.0 Å². The van der Waals surface area contributed by atoms with E-state index in [1.54, 1.807) is 32.4 Å². The van der Waals surface area contributed by atoms with Gasteiger partial charge in [0.25, 0.3) is 6.29 Å². The maximum atomic E-state index is 12.5. The molecule has 4 aromatic carbocycles. The molecule has 0 amide bonds. The van der Waals surface area contributed by atoms with E-state index in [0.717, 1.165) is 16.7 Å². The first-order chi connectivity index (χ1) is 20.0. The molecule has 1 aliphatic rings. The molecule has 0 aromatic heterocycles. The van der Waals surface area contributed by atoms with E-state index in [4.69, 9.17) is 33.2 Å². The van der Waals surface area contributed by atoms with Gasteiger partial charge in [-0.2, -0.15) is 0 Å². The number of esters is 1. The lowest BCUT2D eigenvalue weighted by Crippen LogP contribution is -2.09. The molecule has 1 aliphatic heterocycles. The predicted molar refractivity (Wildman–Crippen MR) is 152 cm³/mol. The van der Waals surface area contributed by atoms with Crippen LogP contribution in [0.3, 0.4) is 0 Å². The Labute approximate surface area is 238 Å². The number of fused-ring (bicyclic) bond motifs is 1. The molecular weight excluding hydrogens is 524 g/mol. The number of hydrogen-bond acceptors (Lipinski definition) is 8. The maximum absolute atomic E-state index is 12.5. The van der Waals surface area contributed by atoms with Crippen LogP contribution >= 0.6 is 0 Å². The van der Waals surface area contributed by atoms with Crippen LogP contribution in [-0.2, 0) is 11.3 Å². The summed E-state index contributed by atoms with van der Waals surface area (Å²) >= 11 is 0. The number of carbonyl (C=O) groups excluding carboxylic acids is 1. The molecule has 0 saturated heterocycles. The monoisotopic (exact) mass is 554 g/mol. The summed E-state index contributed by atoms with van der Waals surface area (Å²) in [4.78, 5) is 12.5. The highest BCUT2D eigenvalue weighted by Crippen LogP contribution is 2.49. The normalized spacial score (nSPS) is 14.1. The molecule has 0 fully saturated rings. The van der Waals surface area contributed by atoms with E-state index in [1.165, 1.54) is 7.11 Å². The zero-order valence-electron chi connectivity index (χ0n) is 23.0. The first-order valence-electron chi connectivity index (χ1n) is 12.9. The maximum Gasteiger partial charge on any atom is 0.338 e. The van der Waals surface area contributed by atoms with Crippen molar-refractivity contribution < 1.29 is 38.0 Å². The SMILES string of the molecule is C=CC(Oc1cc(C(=O)OC)cc2c1OC(c1ccc(OC)cc1)O2)c1ccc(OCc2ccccc2)c(OC)c1. The van der Waals surface area contributed by atoms with Gasteiger partial charge in [0.2, 0.25) is 5.75 Å². The average Bonchev–Trinajstić information content (AvgIpc) is 3.47. The number of rotatable bonds is 11. The Morgan fingerprint density at radius 3 is 2.34 bits per heavy atom. The Morgan fingerprint density at radius 2 is 1.66 bits per heavy atom. The van der Waals surface area contributed by atoms with Gasteiger partial charge in [-0.15, -0.1) is 0 Å². The minimum Gasteiger partial charge on any atom is -0.497 e. The summed E-state index contributed by atoms with van der Waals surface area (Å²) < 4.78 is 40.4. The molecule has 4 aromatic rings. The van der Waals surface area contributed by atoms with Crippen molar-refractivity contribution >= 4 is 5.97 Å². The van der Waals surface area contributed by atoms with Crippen LogP contribution in [0.1, 0.15) is 39.4 Å². The third-order valence-electron chi connectivity index (χ3n) is 6.51. The molecule has 8 nitrogen and oxygen atoms in total. The molecule has 8 heteroatoms. The second-order valence-electron chi connectivity index (χ2n) is 9.09. The fourth-order valence-corrected chi connectivity index (χ4v) is 4.35. The zero-order valence-corrected chi connectivity index (χ0v) is 23.0. The molecule has 0 radical (unpaired) electrons. The van der Waals surface area contributed by atoms with Crippen molar-refractivity contribution in [2.24, 2.45) is 0 Å². The summed E-state index contributed by atoms with van der Waals surface area (Å²) in [5.41, 5.74) is 2.82. The van der Waals surface area contributed by atoms with Crippen LogP contribution in [0, 0.1) is 0 Å². The molecule has 1 heterocycles. The topological polar surface area (TPSA) is 81.7 Å². The zero-order chi connectivity index (χ0) is 28.8. The largest absolute Gasteiger partial charge is 0.497 e. The van der Waals surface area contributed by atoms with Crippen molar-refractivity contribution in [3.8, 4) is 34.5 Å². The average molecular weight is 555 g/mol. The van der Waals surface area contributed by atoms with Crippen molar-refractivity contribution in [1.29, 1.82) is 0 Å². The molecule has 5 rings (SSSR count). The summed E-state index contributed by atoms with van der Waals surface area (Å²) in [5, 5.41) is 0. The van der Waals surface area contributed by atoms with Crippen LogP contribution in [0.15, 0.2) is 97.6 Å². The summed E-state index contributed by atoms with van der Waals surface area (Å²) in [6, 6.07) is 25.9. The fourth-order valence-electron chi connectivity index (χ4n) is 4.35.